The van der Waals surface area contributed by atoms with Gasteiger partial charge in [-0.3, -0.25) is 0 Å². The van der Waals surface area contributed by atoms with Crippen LogP contribution in [0.4, 0.5) is 0 Å². The second-order valence-electron chi connectivity index (χ2n) is 7.98. The molecular weight excluding hydrogens is 368 g/mol. The first-order valence-electron chi connectivity index (χ1n) is 10.2. The number of rotatable bonds is 6. The van der Waals surface area contributed by atoms with Gasteiger partial charge in [-0.25, -0.2) is 0 Å². The summed E-state index contributed by atoms with van der Waals surface area (Å²) < 4.78 is 22.5. The lowest BCUT2D eigenvalue weighted by Crippen LogP contribution is -2.46. The Balaban J connectivity index is 1.95. The van der Waals surface area contributed by atoms with Crippen LogP contribution in [0.15, 0.2) is 11.7 Å². The third kappa shape index (κ3) is 5.51. The maximum Gasteiger partial charge on any atom is 0.322 e. The smallest absolute Gasteiger partial charge is 0.322 e. The van der Waals surface area contributed by atoms with Gasteiger partial charge in [-0.15, -0.1) is 0 Å². The van der Waals surface area contributed by atoms with E-state index in [0.29, 0.717) is 25.7 Å². The summed E-state index contributed by atoms with van der Waals surface area (Å²) in [4.78, 5) is 0. The second-order valence-corrected chi connectivity index (χ2v) is 7.98. The van der Waals surface area contributed by atoms with E-state index in [2.05, 4.69) is 20.8 Å². The highest BCUT2D eigenvalue weighted by Crippen LogP contribution is 2.39. The molecule has 0 aromatic rings. The molecule has 8 nitrogen and oxygen atoms in total. The molecule has 8 heteroatoms. The zero-order chi connectivity index (χ0) is 20.7. The van der Waals surface area contributed by atoms with Crippen molar-refractivity contribution in [2.75, 3.05) is 33.0 Å². The highest BCUT2D eigenvalue weighted by molar-refractivity contribution is 5.08. The van der Waals surface area contributed by atoms with Gasteiger partial charge in [0.25, 0.3) is 0 Å². The Kier molecular flexibility index (Phi) is 8.82. The van der Waals surface area contributed by atoms with Gasteiger partial charge in [0.2, 0.25) is 5.76 Å². The van der Waals surface area contributed by atoms with Crippen LogP contribution in [-0.4, -0.2) is 77.9 Å². The van der Waals surface area contributed by atoms with E-state index in [1.54, 1.807) is 0 Å². The zero-order valence-corrected chi connectivity index (χ0v) is 17.2. The molecule has 2 aliphatic heterocycles. The molecule has 1 saturated heterocycles. The molecule has 28 heavy (non-hydrogen) atoms. The van der Waals surface area contributed by atoms with Gasteiger partial charge in [0, 0.05) is 13.2 Å². The summed E-state index contributed by atoms with van der Waals surface area (Å²) in [5, 5.41) is 38.8. The van der Waals surface area contributed by atoms with E-state index in [9.17, 15) is 20.4 Å². The van der Waals surface area contributed by atoms with Crippen LogP contribution in [0.2, 0.25) is 0 Å². The first kappa shape index (κ1) is 23.2. The van der Waals surface area contributed by atoms with Crippen LogP contribution in [0.5, 0.6) is 0 Å². The maximum atomic E-state index is 9.96. The Bertz CT molecular complexity index is 510. The van der Waals surface area contributed by atoms with Crippen molar-refractivity contribution in [2.45, 2.75) is 70.9 Å². The lowest BCUT2D eigenvalue weighted by molar-refractivity contribution is -0.158. The Morgan fingerprint density at radius 1 is 1.21 bits per heavy atom. The van der Waals surface area contributed by atoms with E-state index >= 15 is 0 Å². The summed E-state index contributed by atoms with van der Waals surface area (Å²) in [5.74, 6) is -0.306. The molecule has 2 aliphatic rings. The molecule has 0 aromatic heterocycles. The van der Waals surface area contributed by atoms with Crippen molar-refractivity contribution < 1.29 is 39.4 Å². The number of hydrogen-bond donors (Lipinski definition) is 4. The monoisotopic (exact) mass is 404 g/mol. The first-order chi connectivity index (χ1) is 13.4. The molecular formula is C20H36O8. The van der Waals surface area contributed by atoms with E-state index in [1.165, 1.54) is 0 Å². The van der Waals surface area contributed by atoms with Gasteiger partial charge in [0.15, 0.2) is 6.10 Å². The van der Waals surface area contributed by atoms with Crippen molar-refractivity contribution in [2.24, 2.45) is 11.3 Å². The topological polar surface area (TPSA) is 118 Å². The molecule has 2 heterocycles. The first-order valence-corrected chi connectivity index (χ1v) is 10.2. The number of hydrogen-bond acceptors (Lipinski definition) is 8. The largest absolute Gasteiger partial charge is 0.504 e. The molecule has 164 valence electrons. The van der Waals surface area contributed by atoms with E-state index < -0.39 is 30.7 Å². The number of aliphatic hydroxyl groups excluding tert-OH is 4. The third-order valence-electron chi connectivity index (χ3n) is 6.26. The lowest BCUT2D eigenvalue weighted by Gasteiger charge is -2.38. The molecule has 6 unspecified atom stereocenters. The maximum absolute atomic E-state index is 9.96. The summed E-state index contributed by atoms with van der Waals surface area (Å²) in [6, 6.07) is 0. The van der Waals surface area contributed by atoms with Gasteiger partial charge in [-0.1, -0.05) is 33.6 Å². The minimum atomic E-state index is -1.57. The Labute approximate surface area is 167 Å². The van der Waals surface area contributed by atoms with Crippen LogP contribution in [0.3, 0.4) is 0 Å². The van der Waals surface area contributed by atoms with Gasteiger partial charge in [0.1, 0.15) is 24.9 Å². The van der Waals surface area contributed by atoms with Gasteiger partial charge in [-0.2, -0.15) is 0 Å². The predicted molar refractivity (Wildman–Crippen MR) is 102 cm³/mol. The minimum absolute atomic E-state index is 0.0560. The number of ether oxygens (including phenoxy) is 4. The molecule has 4 N–H and O–H groups in total. The Morgan fingerprint density at radius 3 is 2.61 bits per heavy atom. The summed E-state index contributed by atoms with van der Waals surface area (Å²) in [7, 11) is 0. The molecule has 0 radical (unpaired) electrons. The van der Waals surface area contributed by atoms with Crippen molar-refractivity contribution in [3.63, 3.8) is 0 Å². The van der Waals surface area contributed by atoms with E-state index in [0.717, 1.165) is 25.7 Å². The van der Waals surface area contributed by atoms with Crippen LogP contribution >= 0.6 is 0 Å². The van der Waals surface area contributed by atoms with Crippen LogP contribution in [-0.2, 0) is 18.9 Å². The predicted octanol–water partition coefficient (Wildman–Crippen LogP) is 1.48. The summed E-state index contributed by atoms with van der Waals surface area (Å²) in [5.41, 5.74) is 0.197. The van der Waals surface area contributed by atoms with E-state index in [-0.39, 0.29) is 24.1 Å². The second kappa shape index (κ2) is 10.6. The van der Waals surface area contributed by atoms with Crippen molar-refractivity contribution >= 4 is 0 Å². The standard InChI is InChI=1S/C20H36O8/c1-4-13-6-8-25-11-14(26-9-7-20(13,3)5-2)12-27-19-18(24)17(23)16(22)15(10-21)28-19/h13-17,21-24H,4-12H2,1-3H3. The fourth-order valence-electron chi connectivity index (χ4n) is 3.93. The average Bonchev–Trinajstić information content (AvgIpc) is 2.70. The molecule has 0 aromatic carbocycles. The highest BCUT2D eigenvalue weighted by atomic mass is 16.7. The molecule has 2 rings (SSSR count). The molecule has 0 bridgehead atoms. The normalized spacial score (nSPS) is 38.0. The highest BCUT2D eigenvalue weighted by Gasteiger charge is 2.39. The van der Waals surface area contributed by atoms with Crippen molar-refractivity contribution in [3.05, 3.63) is 11.7 Å². The molecule has 0 spiro atoms. The fraction of sp³-hybridized carbons (Fsp3) is 0.900. The van der Waals surface area contributed by atoms with E-state index in [1.807, 2.05) is 0 Å². The van der Waals surface area contributed by atoms with Crippen LogP contribution in [0.25, 0.3) is 0 Å². The Morgan fingerprint density at radius 2 is 1.96 bits per heavy atom. The van der Waals surface area contributed by atoms with Gasteiger partial charge in [0.05, 0.1) is 13.2 Å². The van der Waals surface area contributed by atoms with Crippen LogP contribution < -0.4 is 0 Å². The number of aliphatic hydroxyl groups is 4. The SMILES string of the molecule is CCC1CCOCC(COC2=C(O)C(O)C(O)C(CO)O2)OCCC1(C)CC. The third-order valence-corrected chi connectivity index (χ3v) is 6.26. The van der Waals surface area contributed by atoms with Crippen molar-refractivity contribution in [3.8, 4) is 0 Å². The fourth-order valence-corrected chi connectivity index (χ4v) is 3.93. The van der Waals surface area contributed by atoms with Crippen molar-refractivity contribution in [1.82, 2.24) is 0 Å². The zero-order valence-electron chi connectivity index (χ0n) is 17.2. The summed E-state index contributed by atoms with van der Waals surface area (Å²) >= 11 is 0. The molecule has 0 saturated carbocycles. The summed E-state index contributed by atoms with van der Waals surface area (Å²) in [6.45, 7) is 7.84. The Hall–Kier alpha value is -1.06. The lowest BCUT2D eigenvalue weighted by atomic mass is 9.70. The molecule has 6 atom stereocenters. The van der Waals surface area contributed by atoms with Gasteiger partial charge >= 0.3 is 5.95 Å². The van der Waals surface area contributed by atoms with Crippen LogP contribution in [0, 0.1) is 11.3 Å². The summed E-state index contributed by atoms with van der Waals surface area (Å²) in [6.07, 6.45) is -0.287. The quantitative estimate of drug-likeness (QED) is 0.526. The van der Waals surface area contributed by atoms with E-state index in [4.69, 9.17) is 18.9 Å². The van der Waals surface area contributed by atoms with Gasteiger partial charge in [-0.05, 0) is 24.2 Å². The van der Waals surface area contributed by atoms with Crippen LogP contribution in [0.1, 0.15) is 46.5 Å². The molecule has 0 amide bonds. The molecule has 0 aliphatic carbocycles. The minimum Gasteiger partial charge on any atom is -0.504 e. The average molecular weight is 405 g/mol. The van der Waals surface area contributed by atoms with Gasteiger partial charge < -0.3 is 39.4 Å². The van der Waals surface area contributed by atoms with Crippen molar-refractivity contribution in [1.29, 1.82) is 0 Å². The molecule has 1 fully saturated rings.